The number of nitrogens with zero attached hydrogens (tertiary/aromatic N) is 1. The van der Waals surface area contributed by atoms with E-state index in [1.807, 2.05) is 0 Å². The van der Waals surface area contributed by atoms with Crippen LogP contribution in [0.4, 0.5) is 8.78 Å². The van der Waals surface area contributed by atoms with E-state index < -0.39 is 34.7 Å². The molecule has 0 saturated carbocycles. The summed E-state index contributed by atoms with van der Waals surface area (Å²) in [5.41, 5.74) is -2.10. The molecule has 0 aliphatic heterocycles. The number of aliphatic carboxylic acids is 1. The zero-order chi connectivity index (χ0) is 14.6. The molecule has 5 nitrogen and oxygen atoms in total. The average Bonchev–Trinajstić information content (AvgIpc) is 2.32. The van der Waals surface area contributed by atoms with Crippen LogP contribution in [0.15, 0.2) is 12.3 Å². The van der Waals surface area contributed by atoms with E-state index in [0.29, 0.717) is 6.42 Å². The van der Waals surface area contributed by atoms with E-state index >= 15 is 0 Å². The first kappa shape index (κ1) is 15.0. The molecule has 1 rings (SSSR count). The van der Waals surface area contributed by atoms with Gasteiger partial charge in [-0.25, -0.2) is 14.2 Å². The second-order valence-corrected chi connectivity index (χ2v) is 4.30. The first-order chi connectivity index (χ1) is 8.81. The maximum atomic E-state index is 13.4. The van der Waals surface area contributed by atoms with Crippen molar-refractivity contribution in [3.63, 3.8) is 0 Å². The molecule has 0 spiro atoms. The zero-order valence-electron chi connectivity index (χ0n) is 10.5. The van der Waals surface area contributed by atoms with E-state index in [0.717, 1.165) is 12.3 Å². The summed E-state index contributed by atoms with van der Waals surface area (Å²) in [5, 5.41) is 11.3. The lowest BCUT2D eigenvalue weighted by Crippen LogP contribution is -2.52. The average molecular weight is 272 g/mol. The molecule has 1 amide bonds. The second-order valence-electron chi connectivity index (χ2n) is 4.30. The molecule has 1 unspecified atom stereocenters. The van der Waals surface area contributed by atoms with Crippen molar-refractivity contribution in [2.45, 2.75) is 32.2 Å². The minimum absolute atomic E-state index is 0.170. The van der Waals surface area contributed by atoms with Crippen molar-refractivity contribution in [1.82, 2.24) is 10.3 Å². The van der Waals surface area contributed by atoms with Gasteiger partial charge in [0, 0.05) is 6.20 Å². The van der Waals surface area contributed by atoms with Crippen LogP contribution in [0.1, 0.15) is 37.0 Å². The zero-order valence-corrected chi connectivity index (χ0v) is 10.5. The van der Waals surface area contributed by atoms with Crippen LogP contribution in [0.25, 0.3) is 0 Å². The van der Waals surface area contributed by atoms with Crippen molar-refractivity contribution >= 4 is 11.9 Å². The minimum atomic E-state index is -1.53. The Balaban J connectivity index is 3.01. The Kier molecular flexibility index (Phi) is 4.52. The number of carbonyl (C=O) groups is 2. The summed E-state index contributed by atoms with van der Waals surface area (Å²) < 4.78 is 26.3. The summed E-state index contributed by atoms with van der Waals surface area (Å²) in [6, 6.07) is 0.988. The second kappa shape index (κ2) is 5.73. The Morgan fingerprint density at radius 1 is 1.47 bits per heavy atom. The van der Waals surface area contributed by atoms with Crippen molar-refractivity contribution in [2.75, 3.05) is 0 Å². The largest absolute Gasteiger partial charge is 0.480 e. The highest BCUT2D eigenvalue weighted by molar-refractivity contribution is 5.97. The van der Waals surface area contributed by atoms with Gasteiger partial charge in [-0.15, -0.1) is 0 Å². The highest BCUT2D eigenvalue weighted by Crippen LogP contribution is 2.15. The van der Waals surface area contributed by atoms with Gasteiger partial charge >= 0.3 is 5.97 Å². The predicted molar refractivity (Wildman–Crippen MR) is 62.6 cm³/mol. The summed E-state index contributed by atoms with van der Waals surface area (Å²) in [4.78, 5) is 26.0. The van der Waals surface area contributed by atoms with Gasteiger partial charge in [0.2, 0.25) is 5.95 Å². The monoisotopic (exact) mass is 272 g/mol. The molecule has 1 heterocycles. The van der Waals surface area contributed by atoms with Gasteiger partial charge in [0.25, 0.3) is 5.91 Å². The van der Waals surface area contributed by atoms with Crippen LogP contribution in [0, 0.1) is 11.8 Å². The fraction of sp³-hybridized carbons (Fsp3) is 0.417. The molecule has 104 valence electrons. The Morgan fingerprint density at radius 2 is 2.11 bits per heavy atom. The van der Waals surface area contributed by atoms with Gasteiger partial charge in [-0.05, 0) is 19.4 Å². The number of carboxylic acid groups (broad SMARTS) is 1. The quantitative estimate of drug-likeness (QED) is 0.800. The van der Waals surface area contributed by atoms with E-state index in [2.05, 4.69) is 10.3 Å². The van der Waals surface area contributed by atoms with Gasteiger partial charge < -0.3 is 10.4 Å². The van der Waals surface area contributed by atoms with Gasteiger partial charge in [-0.1, -0.05) is 13.3 Å². The summed E-state index contributed by atoms with van der Waals surface area (Å²) in [6.07, 6.45) is 1.62. The summed E-state index contributed by atoms with van der Waals surface area (Å²) >= 11 is 0. The third kappa shape index (κ3) is 3.24. The highest BCUT2D eigenvalue weighted by Gasteiger charge is 2.34. The van der Waals surface area contributed by atoms with E-state index in [1.165, 1.54) is 6.92 Å². The number of carbonyl (C=O) groups excluding carboxylic acids is 1. The van der Waals surface area contributed by atoms with E-state index in [9.17, 15) is 18.4 Å². The molecule has 0 aliphatic carbocycles. The molecular formula is C12H14F2N2O3. The van der Waals surface area contributed by atoms with Gasteiger partial charge in [-0.2, -0.15) is 4.39 Å². The maximum Gasteiger partial charge on any atom is 0.329 e. The Hall–Kier alpha value is -2.05. The molecule has 19 heavy (non-hydrogen) atoms. The summed E-state index contributed by atoms with van der Waals surface area (Å²) in [5.74, 6) is -5.03. The fourth-order valence-corrected chi connectivity index (χ4v) is 1.63. The molecule has 1 aromatic heterocycles. The number of amides is 1. The topological polar surface area (TPSA) is 79.3 Å². The molecule has 7 heteroatoms. The smallest absolute Gasteiger partial charge is 0.329 e. The third-order valence-corrected chi connectivity index (χ3v) is 2.70. The van der Waals surface area contributed by atoms with Crippen LogP contribution in [0.3, 0.4) is 0 Å². The lowest BCUT2D eigenvalue weighted by molar-refractivity contribution is -0.144. The molecule has 0 aromatic carbocycles. The van der Waals surface area contributed by atoms with Crippen LogP contribution in [0.5, 0.6) is 0 Å². The lowest BCUT2D eigenvalue weighted by atomic mass is 9.96. The van der Waals surface area contributed by atoms with Crippen LogP contribution >= 0.6 is 0 Å². The molecule has 0 aliphatic rings. The SMILES string of the molecule is CCCC(C)(NC(=O)c1ccnc(F)c1F)C(=O)O. The number of nitrogens with one attached hydrogen (secondary N) is 1. The van der Waals surface area contributed by atoms with Gasteiger partial charge in [-0.3, -0.25) is 4.79 Å². The van der Waals surface area contributed by atoms with E-state index in [1.54, 1.807) is 6.92 Å². The Bertz CT molecular complexity index is 508. The fourth-order valence-electron chi connectivity index (χ4n) is 1.63. The summed E-state index contributed by atoms with van der Waals surface area (Å²) in [6.45, 7) is 3.06. The maximum absolute atomic E-state index is 13.4. The van der Waals surface area contributed by atoms with E-state index in [-0.39, 0.29) is 6.42 Å². The van der Waals surface area contributed by atoms with E-state index in [4.69, 9.17) is 5.11 Å². The predicted octanol–water partition coefficient (Wildman–Crippen LogP) is 1.73. The van der Waals surface area contributed by atoms with Crippen LogP contribution in [-0.2, 0) is 4.79 Å². The lowest BCUT2D eigenvalue weighted by Gasteiger charge is -2.25. The van der Waals surface area contributed by atoms with Crippen molar-refractivity contribution in [3.8, 4) is 0 Å². The first-order valence-electron chi connectivity index (χ1n) is 5.67. The minimum Gasteiger partial charge on any atom is -0.480 e. The third-order valence-electron chi connectivity index (χ3n) is 2.70. The molecular weight excluding hydrogens is 258 g/mol. The van der Waals surface area contributed by atoms with Crippen LogP contribution < -0.4 is 5.32 Å². The standard InChI is InChI=1S/C12H14F2N2O3/c1-3-5-12(2,11(18)19)16-10(17)7-4-6-15-9(14)8(7)13/h4,6H,3,5H2,1-2H3,(H,16,17)(H,18,19). The van der Waals surface area contributed by atoms with Crippen molar-refractivity contribution in [2.24, 2.45) is 0 Å². The van der Waals surface area contributed by atoms with Crippen LogP contribution in [-0.4, -0.2) is 27.5 Å². The number of hydrogen-bond acceptors (Lipinski definition) is 3. The molecule has 1 aromatic rings. The first-order valence-corrected chi connectivity index (χ1v) is 5.67. The van der Waals surface area contributed by atoms with Crippen molar-refractivity contribution < 1.29 is 23.5 Å². The molecule has 1 atom stereocenters. The van der Waals surface area contributed by atoms with Crippen LogP contribution in [0.2, 0.25) is 0 Å². The van der Waals surface area contributed by atoms with Crippen molar-refractivity contribution in [1.29, 1.82) is 0 Å². The number of hydrogen-bond donors (Lipinski definition) is 2. The Morgan fingerprint density at radius 3 is 2.63 bits per heavy atom. The number of pyridine rings is 1. The highest BCUT2D eigenvalue weighted by atomic mass is 19.2. The molecule has 2 N–H and O–H groups in total. The Labute approximate surface area is 108 Å². The van der Waals surface area contributed by atoms with Crippen molar-refractivity contribution in [3.05, 3.63) is 29.6 Å². The number of aromatic nitrogens is 1. The molecule has 0 bridgehead atoms. The van der Waals surface area contributed by atoms with Gasteiger partial charge in [0.05, 0.1) is 5.56 Å². The number of rotatable bonds is 5. The molecule has 0 radical (unpaired) electrons. The number of carboxylic acids is 1. The number of halogens is 2. The van der Waals surface area contributed by atoms with Gasteiger partial charge in [0.1, 0.15) is 5.54 Å². The van der Waals surface area contributed by atoms with Gasteiger partial charge in [0.15, 0.2) is 5.82 Å². The molecule has 0 saturated heterocycles. The normalized spacial score (nSPS) is 13.7. The molecule has 0 fully saturated rings. The summed E-state index contributed by atoms with van der Waals surface area (Å²) in [7, 11) is 0.